The summed E-state index contributed by atoms with van der Waals surface area (Å²) in [6.07, 6.45) is 3.00. The van der Waals surface area contributed by atoms with Gasteiger partial charge < -0.3 is 14.9 Å². The van der Waals surface area contributed by atoms with Gasteiger partial charge in [0.2, 0.25) is 11.1 Å². The Morgan fingerprint density at radius 1 is 1.43 bits per heavy atom. The van der Waals surface area contributed by atoms with Crippen molar-refractivity contribution in [1.29, 1.82) is 0 Å². The summed E-state index contributed by atoms with van der Waals surface area (Å²) in [4.78, 5) is 20.5. The number of H-pyrrole nitrogens is 1. The lowest BCUT2D eigenvalue weighted by molar-refractivity contribution is -0.128. The summed E-state index contributed by atoms with van der Waals surface area (Å²) < 4.78 is 0. The standard InChI is InChI=1S/C15H27N5O2S/c1-4-12-16-14(18-17-12)23-10-13(21)20-8-5-6-15(22,7-9-20)11-19(2)3/h22H,4-11H2,1-3H3,(H,16,17,18)/t15-/m1/s1. The third kappa shape index (κ3) is 5.47. The van der Waals surface area contributed by atoms with E-state index in [0.29, 0.717) is 37.0 Å². The van der Waals surface area contributed by atoms with Crippen molar-refractivity contribution in [3.8, 4) is 0 Å². The molecule has 1 aliphatic rings. The van der Waals surface area contributed by atoms with Gasteiger partial charge in [-0.15, -0.1) is 5.10 Å². The molecule has 0 radical (unpaired) electrons. The number of nitrogens with zero attached hydrogens (tertiary/aromatic N) is 4. The van der Waals surface area contributed by atoms with Crippen LogP contribution >= 0.6 is 11.8 Å². The smallest absolute Gasteiger partial charge is 0.233 e. The van der Waals surface area contributed by atoms with Crippen molar-refractivity contribution in [3.05, 3.63) is 5.82 Å². The van der Waals surface area contributed by atoms with Crippen LogP contribution in [0.4, 0.5) is 0 Å². The zero-order chi connectivity index (χ0) is 16.9. The maximum atomic E-state index is 12.4. The normalized spacial score (nSPS) is 22.4. The van der Waals surface area contributed by atoms with Gasteiger partial charge in [-0.1, -0.05) is 18.7 Å². The molecule has 0 saturated carbocycles. The van der Waals surface area contributed by atoms with Gasteiger partial charge in [0.1, 0.15) is 5.82 Å². The van der Waals surface area contributed by atoms with Crippen LogP contribution in [-0.2, 0) is 11.2 Å². The minimum atomic E-state index is -0.689. The summed E-state index contributed by atoms with van der Waals surface area (Å²) in [5, 5.41) is 18.2. The maximum absolute atomic E-state index is 12.4. The lowest BCUT2D eigenvalue weighted by Crippen LogP contribution is -2.41. The van der Waals surface area contributed by atoms with Crippen LogP contribution in [0.15, 0.2) is 5.16 Å². The van der Waals surface area contributed by atoms with E-state index >= 15 is 0 Å². The molecule has 1 saturated heterocycles. The molecule has 2 N–H and O–H groups in total. The monoisotopic (exact) mass is 341 g/mol. The van der Waals surface area contributed by atoms with Gasteiger partial charge in [-0.25, -0.2) is 4.98 Å². The zero-order valence-corrected chi connectivity index (χ0v) is 15.0. The van der Waals surface area contributed by atoms with Gasteiger partial charge >= 0.3 is 0 Å². The zero-order valence-electron chi connectivity index (χ0n) is 14.2. The van der Waals surface area contributed by atoms with Crippen LogP contribution < -0.4 is 0 Å². The number of rotatable bonds is 6. The molecule has 0 unspecified atom stereocenters. The average molecular weight is 341 g/mol. The Balaban J connectivity index is 1.83. The molecule has 2 rings (SSSR count). The Labute approximate surface area is 141 Å². The van der Waals surface area contributed by atoms with Gasteiger partial charge in [0.05, 0.1) is 11.4 Å². The van der Waals surface area contributed by atoms with E-state index < -0.39 is 5.60 Å². The first-order valence-electron chi connectivity index (χ1n) is 8.11. The third-order valence-corrected chi connectivity index (χ3v) is 4.88. The van der Waals surface area contributed by atoms with Crippen molar-refractivity contribution in [2.24, 2.45) is 0 Å². The number of likely N-dealkylation sites (tertiary alicyclic amines) is 1. The number of likely N-dealkylation sites (N-methyl/N-ethyl adjacent to an activating group) is 1. The fourth-order valence-corrected chi connectivity index (χ4v) is 3.61. The summed E-state index contributed by atoms with van der Waals surface area (Å²) in [5.74, 6) is 1.27. The first kappa shape index (κ1) is 18.2. The minimum absolute atomic E-state index is 0.0898. The molecule has 0 aromatic carbocycles. The molecule has 1 atom stereocenters. The predicted octanol–water partition coefficient (Wildman–Crippen LogP) is 0.764. The molecule has 7 nitrogen and oxygen atoms in total. The highest BCUT2D eigenvalue weighted by Gasteiger charge is 2.31. The van der Waals surface area contributed by atoms with Crippen LogP contribution in [0.1, 0.15) is 32.0 Å². The van der Waals surface area contributed by atoms with Gasteiger partial charge in [0.15, 0.2) is 0 Å². The largest absolute Gasteiger partial charge is 0.388 e. The van der Waals surface area contributed by atoms with Crippen molar-refractivity contribution < 1.29 is 9.90 Å². The molecule has 0 aliphatic carbocycles. The second kappa shape index (κ2) is 8.12. The van der Waals surface area contributed by atoms with E-state index in [1.54, 1.807) is 0 Å². The molecule has 23 heavy (non-hydrogen) atoms. The molecular formula is C15H27N5O2S. The number of aromatic amines is 1. The number of nitrogens with one attached hydrogen (secondary N) is 1. The maximum Gasteiger partial charge on any atom is 0.233 e. The van der Waals surface area contributed by atoms with Crippen LogP contribution in [0.25, 0.3) is 0 Å². The highest BCUT2D eigenvalue weighted by atomic mass is 32.2. The van der Waals surface area contributed by atoms with Crippen LogP contribution in [0, 0.1) is 0 Å². The number of hydrogen-bond acceptors (Lipinski definition) is 6. The fraction of sp³-hybridized carbons (Fsp3) is 0.800. The summed E-state index contributed by atoms with van der Waals surface area (Å²) >= 11 is 1.36. The first-order valence-corrected chi connectivity index (χ1v) is 9.09. The lowest BCUT2D eigenvalue weighted by atomic mass is 9.94. The Bertz CT molecular complexity index is 522. The SMILES string of the molecule is CCc1nc(SCC(=O)N2CCC[C@](O)(CN(C)C)CC2)n[nH]1. The molecule has 1 aromatic rings. The van der Waals surface area contributed by atoms with Crippen molar-refractivity contribution >= 4 is 17.7 Å². The second-order valence-electron chi connectivity index (χ2n) is 6.40. The molecule has 2 heterocycles. The van der Waals surface area contributed by atoms with Crippen LogP contribution in [0.5, 0.6) is 0 Å². The third-order valence-electron chi connectivity index (χ3n) is 4.05. The van der Waals surface area contributed by atoms with Gasteiger partial charge in [0, 0.05) is 26.1 Å². The Kier molecular flexibility index (Phi) is 6.43. The topological polar surface area (TPSA) is 85.3 Å². The van der Waals surface area contributed by atoms with E-state index in [9.17, 15) is 9.90 Å². The predicted molar refractivity (Wildman–Crippen MR) is 90.4 cm³/mol. The van der Waals surface area contributed by atoms with Crippen molar-refractivity contribution in [2.75, 3.05) is 39.5 Å². The Morgan fingerprint density at radius 2 is 2.22 bits per heavy atom. The van der Waals surface area contributed by atoms with Crippen LogP contribution in [-0.4, -0.2) is 81.1 Å². The van der Waals surface area contributed by atoms with Gasteiger partial charge in [-0.05, 0) is 33.4 Å². The Morgan fingerprint density at radius 3 is 2.87 bits per heavy atom. The fourth-order valence-electron chi connectivity index (χ4n) is 2.89. The molecular weight excluding hydrogens is 314 g/mol. The number of aromatic nitrogens is 3. The molecule has 1 aromatic heterocycles. The van der Waals surface area contributed by atoms with Gasteiger partial charge in [-0.2, -0.15) is 0 Å². The van der Waals surface area contributed by atoms with Crippen molar-refractivity contribution in [3.63, 3.8) is 0 Å². The van der Waals surface area contributed by atoms with Crippen LogP contribution in [0.3, 0.4) is 0 Å². The van der Waals surface area contributed by atoms with Gasteiger partial charge in [-0.3, -0.25) is 9.89 Å². The first-order chi connectivity index (χ1) is 10.9. The van der Waals surface area contributed by atoms with E-state index in [-0.39, 0.29) is 5.91 Å². The molecule has 1 amide bonds. The van der Waals surface area contributed by atoms with Crippen molar-refractivity contribution in [2.45, 2.75) is 43.4 Å². The molecule has 1 fully saturated rings. The van der Waals surface area contributed by atoms with E-state index in [2.05, 4.69) is 15.2 Å². The minimum Gasteiger partial charge on any atom is -0.388 e. The number of amides is 1. The Hall–Kier alpha value is -1.12. The van der Waals surface area contributed by atoms with E-state index in [0.717, 1.165) is 25.1 Å². The summed E-state index contributed by atoms with van der Waals surface area (Å²) in [5.41, 5.74) is -0.689. The number of aryl methyl sites for hydroxylation is 1. The summed E-state index contributed by atoms with van der Waals surface area (Å²) in [6.45, 7) is 3.97. The summed E-state index contributed by atoms with van der Waals surface area (Å²) in [7, 11) is 3.92. The molecule has 1 aliphatic heterocycles. The van der Waals surface area contributed by atoms with E-state index in [1.165, 1.54) is 11.8 Å². The van der Waals surface area contributed by atoms with Crippen molar-refractivity contribution in [1.82, 2.24) is 25.0 Å². The second-order valence-corrected chi connectivity index (χ2v) is 7.35. The number of hydrogen-bond donors (Lipinski definition) is 2. The van der Waals surface area contributed by atoms with Gasteiger partial charge in [0.25, 0.3) is 0 Å². The average Bonchev–Trinajstić information content (AvgIpc) is 2.87. The van der Waals surface area contributed by atoms with E-state index in [4.69, 9.17) is 0 Å². The number of carbonyl (C=O) groups is 1. The molecule has 8 heteroatoms. The van der Waals surface area contributed by atoms with E-state index in [1.807, 2.05) is 30.8 Å². The molecule has 130 valence electrons. The number of aliphatic hydroxyl groups is 1. The summed E-state index contributed by atoms with van der Waals surface area (Å²) in [6, 6.07) is 0. The quantitative estimate of drug-likeness (QED) is 0.743. The molecule has 0 spiro atoms. The lowest BCUT2D eigenvalue weighted by Gasteiger charge is -2.29. The van der Waals surface area contributed by atoms with Crippen LogP contribution in [0.2, 0.25) is 0 Å². The number of carbonyl (C=O) groups excluding carboxylic acids is 1. The highest BCUT2D eigenvalue weighted by Crippen LogP contribution is 2.24. The highest BCUT2D eigenvalue weighted by molar-refractivity contribution is 7.99. The molecule has 0 bridgehead atoms. The number of thioether (sulfide) groups is 1.